The van der Waals surface area contributed by atoms with Gasteiger partial charge in [0.15, 0.2) is 0 Å². The summed E-state index contributed by atoms with van der Waals surface area (Å²) in [5.74, 6) is -0.585. The largest absolute Gasteiger partial charge is 0.469 e. The number of rotatable bonds is 6. The van der Waals surface area contributed by atoms with Gasteiger partial charge in [0.1, 0.15) is 5.60 Å². The van der Waals surface area contributed by atoms with Gasteiger partial charge in [-0.05, 0) is 39.2 Å². The molecule has 1 N–H and O–H groups in total. The number of hydrogen-bond acceptors (Lipinski definition) is 4. The van der Waals surface area contributed by atoms with Crippen LogP contribution in [-0.2, 0) is 20.7 Å². The number of benzene rings is 1. The molecule has 1 aromatic rings. The molecule has 128 valence electrons. The van der Waals surface area contributed by atoms with E-state index < -0.39 is 11.7 Å². The second-order valence-electron chi connectivity index (χ2n) is 6.69. The number of hydrogen-bond donors (Lipinski definition) is 1. The average Bonchev–Trinajstić information content (AvgIpc) is 2.45. The Balaban J connectivity index is 2.75. The maximum Gasteiger partial charge on any atom is 0.407 e. The summed E-state index contributed by atoms with van der Waals surface area (Å²) in [6.45, 7) is 7.24. The first kappa shape index (κ1) is 19.0. The van der Waals surface area contributed by atoms with Crippen molar-refractivity contribution in [3.63, 3.8) is 0 Å². The van der Waals surface area contributed by atoms with Gasteiger partial charge < -0.3 is 14.8 Å². The van der Waals surface area contributed by atoms with Gasteiger partial charge in [0.05, 0.1) is 13.0 Å². The maximum absolute atomic E-state index is 12.0. The minimum absolute atomic E-state index is 0.207. The summed E-state index contributed by atoms with van der Waals surface area (Å²) in [5.41, 5.74) is 0.528. The van der Waals surface area contributed by atoms with Crippen LogP contribution in [0.25, 0.3) is 0 Å². The molecule has 0 spiro atoms. The molecule has 0 radical (unpaired) electrons. The normalized spacial score (nSPS) is 13.8. The standard InChI is InChI=1S/C18H27NO4/c1-13(16(20)22-5)11-15(12-14-9-7-6-8-10-14)19-17(21)23-18(2,3)4/h6-10,13,15H,11-12H2,1-5H3,(H,19,21)/t13-,15-/m1/s1. The van der Waals surface area contributed by atoms with E-state index >= 15 is 0 Å². The number of ether oxygens (including phenoxy) is 2. The van der Waals surface area contributed by atoms with E-state index in [-0.39, 0.29) is 17.9 Å². The molecule has 0 aliphatic carbocycles. The van der Waals surface area contributed by atoms with Crippen LogP contribution in [0.2, 0.25) is 0 Å². The van der Waals surface area contributed by atoms with Crippen LogP contribution in [-0.4, -0.2) is 30.8 Å². The van der Waals surface area contributed by atoms with Gasteiger partial charge in [-0.25, -0.2) is 4.79 Å². The van der Waals surface area contributed by atoms with Gasteiger partial charge in [0, 0.05) is 6.04 Å². The van der Waals surface area contributed by atoms with Crippen molar-refractivity contribution in [1.82, 2.24) is 5.32 Å². The van der Waals surface area contributed by atoms with Crippen LogP contribution < -0.4 is 5.32 Å². The highest BCUT2D eigenvalue weighted by Gasteiger charge is 2.24. The van der Waals surface area contributed by atoms with Gasteiger partial charge in [0.25, 0.3) is 0 Å². The number of carbonyl (C=O) groups is 2. The Bertz CT molecular complexity index is 508. The Kier molecular flexibility index (Phi) is 7.07. The fourth-order valence-corrected chi connectivity index (χ4v) is 2.29. The highest BCUT2D eigenvalue weighted by molar-refractivity contribution is 5.72. The van der Waals surface area contributed by atoms with Crippen LogP contribution in [0.4, 0.5) is 4.79 Å². The predicted molar refractivity (Wildman–Crippen MR) is 89.1 cm³/mol. The summed E-state index contributed by atoms with van der Waals surface area (Å²) in [7, 11) is 1.37. The average molecular weight is 321 g/mol. The van der Waals surface area contributed by atoms with Crippen molar-refractivity contribution >= 4 is 12.1 Å². The Hall–Kier alpha value is -2.04. The first-order valence-electron chi connectivity index (χ1n) is 7.82. The number of carbonyl (C=O) groups excluding carboxylic acids is 2. The lowest BCUT2D eigenvalue weighted by atomic mass is 9.96. The quantitative estimate of drug-likeness (QED) is 0.816. The van der Waals surface area contributed by atoms with Gasteiger partial charge >= 0.3 is 12.1 Å². The van der Waals surface area contributed by atoms with Crippen molar-refractivity contribution in [2.75, 3.05) is 7.11 Å². The molecule has 0 heterocycles. The second kappa shape index (κ2) is 8.56. The fourth-order valence-electron chi connectivity index (χ4n) is 2.29. The summed E-state index contributed by atoms with van der Waals surface area (Å²) in [5, 5.41) is 2.86. The van der Waals surface area contributed by atoms with Crippen molar-refractivity contribution < 1.29 is 19.1 Å². The molecular weight excluding hydrogens is 294 g/mol. The highest BCUT2D eigenvalue weighted by Crippen LogP contribution is 2.14. The van der Waals surface area contributed by atoms with Crippen molar-refractivity contribution in [1.29, 1.82) is 0 Å². The monoisotopic (exact) mass is 321 g/mol. The van der Waals surface area contributed by atoms with E-state index in [2.05, 4.69) is 5.32 Å². The molecular formula is C18H27NO4. The molecule has 0 aromatic heterocycles. The molecule has 0 aliphatic rings. The third-order valence-electron chi connectivity index (χ3n) is 3.29. The van der Waals surface area contributed by atoms with Crippen molar-refractivity contribution in [3.8, 4) is 0 Å². The number of nitrogens with one attached hydrogen (secondary N) is 1. The zero-order valence-corrected chi connectivity index (χ0v) is 14.6. The zero-order valence-electron chi connectivity index (χ0n) is 14.6. The first-order chi connectivity index (χ1) is 10.7. The highest BCUT2D eigenvalue weighted by atomic mass is 16.6. The minimum Gasteiger partial charge on any atom is -0.469 e. The Morgan fingerprint density at radius 2 is 1.78 bits per heavy atom. The zero-order chi connectivity index (χ0) is 17.5. The van der Waals surface area contributed by atoms with E-state index in [0.717, 1.165) is 5.56 Å². The van der Waals surface area contributed by atoms with Gasteiger partial charge in [-0.2, -0.15) is 0 Å². The van der Waals surface area contributed by atoms with Crippen LogP contribution in [0.5, 0.6) is 0 Å². The fraction of sp³-hybridized carbons (Fsp3) is 0.556. The van der Waals surface area contributed by atoms with Gasteiger partial charge in [-0.3, -0.25) is 4.79 Å². The Labute approximate surface area is 138 Å². The number of amides is 1. The number of esters is 1. The number of methoxy groups -OCH3 is 1. The molecule has 0 bridgehead atoms. The van der Waals surface area contributed by atoms with Crippen molar-refractivity contribution in [2.24, 2.45) is 5.92 Å². The first-order valence-corrected chi connectivity index (χ1v) is 7.82. The van der Waals surface area contributed by atoms with E-state index in [1.165, 1.54) is 7.11 Å². The van der Waals surface area contributed by atoms with Crippen LogP contribution in [0.3, 0.4) is 0 Å². The van der Waals surface area contributed by atoms with Crippen LogP contribution >= 0.6 is 0 Å². The Morgan fingerprint density at radius 3 is 2.30 bits per heavy atom. The maximum atomic E-state index is 12.0. The third-order valence-corrected chi connectivity index (χ3v) is 3.29. The van der Waals surface area contributed by atoms with E-state index in [9.17, 15) is 9.59 Å². The summed E-state index contributed by atoms with van der Waals surface area (Å²) in [4.78, 5) is 23.7. The van der Waals surface area contributed by atoms with E-state index in [1.54, 1.807) is 6.92 Å². The van der Waals surface area contributed by atoms with Gasteiger partial charge in [0.2, 0.25) is 0 Å². The summed E-state index contributed by atoms with van der Waals surface area (Å²) < 4.78 is 10.1. The smallest absolute Gasteiger partial charge is 0.407 e. The molecule has 2 atom stereocenters. The van der Waals surface area contributed by atoms with Crippen molar-refractivity contribution in [2.45, 2.75) is 52.2 Å². The molecule has 0 unspecified atom stereocenters. The number of alkyl carbamates (subject to hydrolysis) is 1. The molecule has 1 amide bonds. The molecule has 0 fully saturated rings. The van der Waals surface area contributed by atoms with Gasteiger partial charge in [-0.15, -0.1) is 0 Å². The van der Waals surface area contributed by atoms with Crippen LogP contribution in [0.1, 0.15) is 39.7 Å². The van der Waals surface area contributed by atoms with E-state index in [0.29, 0.717) is 12.8 Å². The third kappa shape index (κ3) is 7.68. The molecule has 0 saturated carbocycles. The molecule has 1 rings (SSSR count). The molecule has 0 aliphatic heterocycles. The topological polar surface area (TPSA) is 64.6 Å². The second-order valence-corrected chi connectivity index (χ2v) is 6.69. The SMILES string of the molecule is COC(=O)[C@H](C)C[C@H](Cc1ccccc1)NC(=O)OC(C)(C)C. The minimum atomic E-state index is -0.560. The van der Waals surface area contributed by atoms with Crippen LogP contribution in [0.15, 0.2) is 30.3 Å². The lowest BCUT2D eigenvalue weighted by Gasteiger charge is -2.25. The van der Waals surface area contributed by atoms with Gasteiger partial charge in [-0.1, -0.05) is 37.3 Å². The predicted octanol–water partition coefficient (Wildman–Crippen LogP) is 3.32. The van der Waals surface area contributed by atoms with E-state index in [1.807, 2.05) is 51.1 Å². The van der Waals surface area contributed by atoms with Crippen molar-refractivity contribution in [3.05, 3.63) is 35.9 Å². The summed E-state index contributed by atoms with van der Waals surface area (Å²) in [6, 6.07) is 9.62. The lowest BCUT2D eigenvalue weighted by molar-refractivity contribution is -0.145. The molecule has 0 saturated heterocycles. The lowest BCUT2D eigenvalue weighted by Crippen LogP contribution is -2.41. The molecule has 5 heteroatoms. The molecule has 5 nitrogen and oxygen atoms in total. The summed E-state index contributed by atoms with van der Waals surface area (Å²) in [6.07, 6.45) is 0.637. The Morgan fingerprint density at radius 1 is 1.17 bits per heavy atom. The summed E-state index contributed by atoms with van der Waals surface area (Å²) >= 11 is 0. The molecule has 23 heavy (non-hydrogen) atoms. The van der Waals surface area contributed by atoms with Crippen LogP contribution in [0, 0.1) is 5.92 Å². The molecule has 1 aromatic carbocycles. The van der Waals surface area contributed by atoms with E-state index in [4.69, 9.17) is 9.47 Å².